The number of carbonyl (C=O) groups excluding carboxylic acids is 3. The summed E-state index contributed by atoms with van der Waals surface area (Å²) in [6, 6.07) is 17.4. The molecule has 3 amide bonds. The topological polar surface area (TPSA) is 120 Å². The first kappa shape index (κ1) is 32.2. The SMILES string of the molecule is CC(=O)N1CCN(CCNC(C(=O)Nc2ccc(C(F)(F)F)cc2)c2ccc(/C=C/C(=O)Nc3ccccc3N)cc2)CC1. The summed E-state index contributed by atoms with van der Waals surface area (Å²) in [5.41, 5.74) is 7.61. The second-order valence-corrected chi connectivity index (χ2v) is 10.4. The predicted octanol–water partition coefficient (Wildman–Crippen LogP) is 4.37. The number of nitrogen functional groups attached to an aromatic ring is 1. The summed E-state index contributed by atoms with van der Waals surface area (Å²) in [4.78, 5) is 41.3. The molecule has 1 fully saturated rings. The van der Waals surface area contributed by atoms with Gasteiger partial charge >= 0.3 is 6.18 Å². The first-order valence-electron chi connectivity index (χ1n) is 14.1. The highest BCUT2D eigenvalue weighted by Crippen LogP contribution is 2.30. The molecule has 1 heterocycles. The van der Waals surface area contributed by atoms with Crippen LogP contribution in [0, 0.1) is 0 Å². The summed E-state index contributed by atoms with van der Waals surface area (Å²) >= 11 is 0. The van der Waals surface area contributed by atoms with Crippen LogP contribution in [-0.2, 0) is 20.6 Å². The molecular formula is C32H35F3N6O3. The zero-order chi connectivity index (χ0) is 31.7. The second-order valence-electron chi connectivity index (χ2n) is 10.4. The van der Waals surface area contributed by atoms with Crippen molar-refractivity contribution < 1.29 is 27.6 Å². The van der Waals surface area contributed by atoms with Crippen molar-refractivity contribution in [1.29, 1.82) is 0 Å². The summed E-state index contributed by atoms with van der Waals surface area (Å²) in [7, 11) is 0. The van der Waals surface area contributed by atoms with Gasteiger partial charge in [0.1, 0.15) is 6.04 Å². The van der Waals surface area contributed by atoms with E-state index in [4.69, 9.17) is 5.73 Å². The fraction of sp³-hybridized carbons (Fsp3) is 0.281. The Morgan fingerprint density at radius 2 is 1.57 bits per heavy atom. The lowest BCUT2D eigenvalue weighted by molar-refractivity contribution is -0.137. The van der Waals surface area contributed by atoms with E-state index < -0.39 is 23.7 Å². The van der Waals surface area contributed by atoms with Crippen molar-refractivity contribution >= 4 is 40.9 Å². The number of carbonyl (C=O) groups is 3. The van der Waals surface area contributed by atoms with Crippen LogP contribution >= 0.6 is 0 Å². The summed E-state index contributed by atoms with van der Waals surface area (Å²) in [6.45, 7) is 5.35. The van der Waals surface area contributed by atoms with E-state index in [1.54, 1.807) is 66.4 Å². The minimum Gasteiger partial charge on any atom is -0.397 e. The molecule has 1 aliphatic heterocycles. The van der Waals surface area contributed by atoms with Gasteiger partial charge in [-0.05, 0) is 53.6 Å². The second kappa shape index (κ2) is 14.7. The smallest absolute Gasteiger partial charge is 0.397 e. The van der Waals surface area contributed by atoms with Gasteiger partial charge in [-0.15, -0.1) is 0 Å². The number of para-hydroxylation sites is 2. The van der Waals surface area contributed by atoms with E-state index in [0.29, 0.717) is 43.1 Å². The van der Waals surface area contributed by atoms with Crippen LogP contribution in [-0.4, -0.2) is 66.8 Å². The lowest BCUT2D eigenvalue weighted by atomic mass is 10.0. The number of piperazine rings is 1. The zero-order valence-electron chi connectivity index (χ0n) is 24.2. The Labute approximate surface area is 253 Å². The monoisotopic (exact) mass is 608 g/mol. The normalized spacial score (nSPS) is 14.8. The molecule has 1 atom stereocenters. The molecule has 9 nitrogen and oxygen atoms in total. The maximum absolute atomic E-state index is 13.4. The number of nitrogens with two attached hydrogens (primary N) is 1. The Hall–Kier alpha value is -4.68. The van der Waals surface area contributed by atoms with Gasteiger partial charge in [0, 0.05) is 58.0 Å². The molecule has 0 saturated carbocycles. The van der Waals surface area contributed by atoms with Crippen LogP contribution in [0.5, 0.6) is 0 Å². The Balaban J connectivity index is 1.42. The molecule has 0 bridgehead atoms. The van der Waals surface area contributed by atoms with Gasteiger partial charge in [-0.25, -0.2) is 0 Å². The van der Waals surface area contributed by atoms with Crippen LogP contribution in [0.2, 0.25) is 0 Å². The van der Waals surface area contributed by atoms with E-state index in [1.807, 2.05) is 0 Å². The number of alkyl halides is 3. The number of halogens is 3. The van der Waals surface area contributed by atoms with E-state index in [9.17, 15) is 27.6 Å². The van der Waals surface area contributed by atoms with Crippen molar-refractivity contribution in [2.24, 2.45) is 0 Å². The van der Waals surface area contributed by atoms with Gasteiger partial charge in [0.25, 0.3) is 0 Å². The fourth-order valence-corrected chi connectivity index (χ4v) is 4.73. The number of amides is 3. The molecule has 1 aliphatic rings. The highest BCUT2D eigenvalue weighted by atomic mass is 19.4. The third-order valence-electron chi connectivity index (χ3n) is 7.25. The highest BCUT2D eigenvalue weighted by molar-refractivity contribution is 6.03. The quantitative estimate of drug-likeness (QED) is 0.201. The minimum absolute atomic E-state index is 0.0441. The van der Waals surface area contributed by atoms with E-state index in [0.717, 1.165) is 30.8 Å². The number of benzene rings is 3. The lowest BCUT2D eigenvalue weighted by Crippen LogP contribution is -2.49. The van der Waals surface area contributed by atoms with Crippen molar-refractivity contribution in [2.45, 2.75) is 19.1 Å². The molecule has 5 N–H and O–H groups in total. The van der Waals surface area contributed by atoms with Crippen molar-refractivity contribution in [3.63, 3.8) is 0 Å². The van der Waals surface area contributed by atoms with E-state index in [-0.39, 0.29) is 17.5 Å². The molecule has 12 heteroatoms. The minimum atomic E-state index is -4.48. The molecule has 44 heavy (non-hydrogen) atoms. The Bertz CT molecular complexity index is 1470. The number of hydrogen-bond donors (Lipinski definition) is 4. The Morgan fingerprint density at radius 1 is 0.909 bits per heavy atom. The molecule has 0 aliphatic carbocycles. The standard InChI is InChI=1S/C32H35F3N6O3/c1-22(42)41-20-18-40(19-21-41)17-16-37-30(31(44)38-26-13-11-25(12-14-26)32(33,34)35)24-9-6-23(7-10-24)8-15-29(43)39-28-5-3-2-4-27(28)36/h2-15,30,37H,16-21,36H2,1H3,(H,38,44)(H,39,43)/b15-8+. The van der Waals surface area contributed by atoms with Crippen LogP contribution in [0.4, 0.5) is 30.2 Å². The predicted molar refractivity (Wildman–Crippen MR) is 164 cm³/mol. The molecule has 0 spiro atoms. The van der Waals surface area contributed by atoms with Crippen LogP contribution in [0.15, 0.2) is 78.9 Å². The van der Waals surface area contributed by atoms with Crippen molar-refractivity contribution in [2.75, 3.05) is 55.6 Å². The largest absolute Gasteiger partial charge is 0.416 e. The summed E-state index contributed by atoms with van der Waals surface area (Å²) < 4.78 is 38.9. The van der Waals surface area contributed by atoms with Gasteiger partial charge in [0.05, 0.1) is 16.9 Å². The Morgan fingerprint density at radius 3 is 2.18 bits per heavy atom. The van der Waals surface area contributed by atoms with Crippen molar-refractivity contribution in [3.05, 3.63) is 95.6 Å². The summed E-state index contributed by atoms with van der Waals surface area (Å²) in [5, 5.41) is 8.69. The van der Waals surface area contributed by atoms with Crippen molar-refractivity contribution in [3.8, 4) is 0 Å². The summed E-state index contributed by atoms with van der Waals surface area (Å²) in [6.07, 6.45) is -1.47. The third kappa shape index (κ3) is 9.16. The number of hydrogen-bond acceptors (Lipinski definition) is 6. The maximum Gasteiger partial charge on any atom is 0.416 e. The molecule has 3 aromatic rings. The molecule has 1 unspecified atom stereocenters. The number of nitrogens with one attached hydrogen (secondary N) is 3. The average Bonchev–Trinajstić information content (AvgIpc) is 3.00. The van der Waals surface area contributed by atoms with E-state index in [2.05, 4.69) is 20.9 Å². The lowest BCUT2D eigenvalue weighted by Gasteiger charge is -2.34. The van der Waals surface area contributed by atoms with Crippen LogP contribution < -0.4 is 21.7 Å². The molecule has 3 aromatic carbocycles. The van der Waals surface area contributed by atoms with Gasteiger partial charge in [0.2, 0.25) is 17.7 Å². The molecule has 0 aromatic heterocycles. The van der Waals surface area contributed by atoms with Crippen LogP contribution in [0.3, 0.4) is 0 Å². The maximum atomic E-state index is 13.4. The molecular weight excluding hydrogens is 573 g/mol. The first-order valence-corrected chi connectivity index (χ1v) is 14.1. The molecule has 4 rings (SSSR count). The van der Waals surface area contributed by atoms with E-state index >= 15 is 0 Å². The van der Waals surface area contributed by atoms with Gasteiger partial charge in [-0.3, -0.25) is 19.3 Å². The highest BCUT2D eigenvalue weighted by Gasteiger charge is 2.30. The third-order valence-corrected chi connectivity index (χ3v) is 7.25. The summed E-state index contributed by atoms with van der Waals surface area (Å²) in [5.74, 6) is -0.747. The molecule has 1 saturated heterocycles. The molecule has 232 valence electrons. The van der Waals surface area contributed by atoms with Crippen molar-refractivity contribution in [1.82, 2.24) is 15.1 Å². The van der Waals surface area contributed by atoms with Crippen LogP contribution in [0.1, 0.15) is 29.7 Å². The fourth-order valence-electron chi connectivity index (χ4n) is 4.73. The number of anilines is 3. The average molecular weight is 609 g/mol. The van der Waals surface area contributed by atoms with Gasteiger partial charge in [0.15, 0.2) is 0 Å². The number of rotatable bonds is 10. The zero-order valence-corrected chi connectivity index (χ0v) is 24.2. The van der Waals surface area contributed by atoms with Gasteiger partial charge < -0.3 is 26.6 Å². The van der Waals surface area contributed by atoms with E-state index in [1.165, 1.54) is 18.2 Å². The van der Waals surface area contributed by atoms with Gasteiger partial charge in [-0.2, -0.15) is 13.2 Å². The van der Waals surface area contributed by atoms with Gasteiger partial charge in [-0.1, -0.05) is 36.4 Å². The first-order chi connectivity index (χ1) is 21.0. The van der Waals surface area contributed by atoms with Crippen LogP contribution in [0.25, 0.3) is 6.08 Å². The Kier molecular flexibility index (Phi) is 10.7. The molecule has 0 radical (unpaired) electrons. The number of nitrogens with zero attached hydrogens (tertiary/aromatic N) is 2.